The van der Waals surface area contributed by atoms with Gasteiger partial charge in [0.2, 0.25) is 0 Å². The van der Waals surface area contributed by atoms with Crippen molar-refractivity contribution in [3.63, 3.8) is 0 Å². The summed E-state index contributed by atoms with van der Waals surface area (Å²) in [5.41, 5.74) is 1.97. The van der Waals surface area contributed by atoms with Crippen LogP contribution < -0.4 is 5.32 Å². The Morgan fingerprint density at radius 1 is 1.47 bits per heavy atom. The van der Waals surface area contributed by atoms with Crippen LogP contribution >= 0.6 is 23.2 Å². The third kappa shape index (κ3) is 2.56. The van der Waals surface area contributed by atoms with E-state index in [2.05, 4.69) is 17.2 Å². The molecule has 1 aromatic heterocycles. The van der Waals surface area contributed by atoms with E-state index in [1.165, 1.54) is 12.8 Å². The number of nitrogens with zero attached hydrogens (tertiary/aromatic N) is 1. The first-order valence-corrected chi connectivity index (χ1v) is 5.92. The van der Waals surface area contributed by atoms with Gasteiger partial charge in [-0.15, -0.1) is 0 Å². The Morgan fingerprint density at radius 3 is 2.67 bits per heavy atom. The predicted octanol–water partition coefficient (Wildman–Crippen LogP) is 3.91. The number of aromatic nitrogens is 1. The van der Waals surface area contributed by atoms with Crippen molar-refractivity contribution in [2.45, 2.75) is 32.7 Å². The van der Waals surface area contributed by atoms with Crippen LogP contribution in [-0.2, 0) is 0 Å². The average Bonchev–Trinajstić information content (AvgIpc) is 2.93. The van der Waals surface area contributed by atoms with Crippen molar-refractivity contribution >= 4 is 28.9 Å². The van der Waals surface area contributed by atoms with Gasteiger partial charge in [0, 0.05) is 6.04 Å². The Balaban J connectivity index is 2.19. The van der Waals surface area contributed by atoms with E-state index in [0.717, 1.165) is 17.2 Å². The topological polar surface area (TPSA) is 24.9 Å². The summed E-state index contributed by atoms with van der Waals surface area (Å²) < 4.78 is 0. The molecule has 1 heterocycles. The maximum Gasteiger partial charge on any atom is 0.154 e. The molecule has 1 aliphatic carbocycles. The molecule has 4 heteroatoms. The Kier molecular flexibility index (Phi) is 3.08. The van der Waals surface area contributed by atoms with Crippen LogP contribution in [0.5, 0.6) is 0 Å². The van der Waals surface area contributed by atoms with Crippen molar-refractivity contribution in [2.24, 2.45) is 5.92 Å². The fraction of sp³-hybridized carbons (Fsp3) is 0.545. The van der Waals surface area contributed by atoms with Crippen LogP contribution in [0, 0.1) is 12.8 Å². The van der Waals surface area contributed by atoms with Crippen LogP contribution in [0.1, 0.15) is 25.3 Å². The first kappa shape index (κ1) is 11.0. The van der Waals surface area contributed by atoms with Gasteiger partial charge >= 0.3 is 0 Å². The van der Waals surface area contributed by atoms with Gasteiger partial charge in [-0.2, -0.15) is 0 Å². The Bertz CT molecular complexity index is 352. The molecule has 0 bridgehead atoms. The normalized spacial score (nSPS) is 17.6. The SMILES string of the molecule is Cc1cc(Cl)nc(Cl)c1NC(C)C1CC1. The second kappa shape index (κ2) is 4.18. The summed E-state index contributed by atoms with van der Waals surface area (Å²) in [5.74, 6) is 0.788. The van der Waals surface area contributed by atoms with E-state index < -0.39 is 0 Å². The van der Waals surface area contributed by atoms with Crippen LogP contribution in [0.4, 0.5) is 5.69 Å². The van der Waals surface area contributed by atoms with Crippen LogP contribution in [-0.4, -0.2) is 11.0 Å². The number of rotatable bonds is 3. The summed E-state index contributed by atoms with van der Waals surface area (Å²) in [4.78, 5) is 4.04. The van der Waals surface area contributed by atoms with Gasteiger partial charge in [-0.05, 0) is 44.2 Å². The van der Waals surface area contributed by atoms with E-state index in [1.54, 1.807) is 0 Å². The summed E-state index contributed by atoms with van der Waals surface area (Å²) in [6, 6.07) is 2.29. The maximum atomic E-state index is 6.05. The van der Waals surface area contributed by atoms with Crippen molar-refractivity contribution in [3.8, 4) is 0 Å². The molecule has 2 nitrogen and oxygen atoms in total. The van der Waals surface area contributed by atoms with Crippen molar-refractivity contribution in [2.75, 3.05) is 5.32 Å². The van der Waals surface area contributed by atoms with Crippen LogP contribution in [0.15, 0.2) is 6.07 Å². The van der Waals surface area contributed by atoms with Gasteiger partial charge in [0.1, 0.15) is 5.15 Å². The number of pyridine rings is 1. The Hall–Kier alpha value is -0.470. The Labute approximate surface area is 100.0 Å². The number of halogens is 2. The fourth-order valence-corrected chi connectivity index (χ4v) is 2.30. The Morgan fingerprint density at radius 2 is 2.13 bits per heavy atom. The first-order chi connectivity index (χ1) is 7.08. The van der Waals surface area contributed by atoms with Gasteiger partial charge in [0.05, 0.1) is 5.69 Å². The second-order valence-electron chi connectivity index (χ2n) is 4.20. The molecule has 1 aromatic rings. The molecule has 1 fully saturated rings. The van der Waals surface area contributed by atoms with Crippen molar-refractivity contribution in [3.05, 3.63) is 21.9 Å². The van der Waals surface area contributed by atoms with E-state index in [0.29, 0.717) is 16.3 Å². The highest BCUT2D eigenvalue weighted by molar-refractivity contribution is 6.34. The van der Waals surface area contributed by atoms with E-state index in [9.17, 15) is 0 Å². The van der Waals surface area contributed by atoms with E-state index >= 15 is 0 Å². The zero-order chi connectivity index (χ0) is 11.0. The standard InChI is InChI=1S/C11H14Cl2N2/c1-6-5-9(12)15-11(13)10(6)14-7(2)8-3-4-8/h5,7-8,14H,3-4H2,1-2H3. The van der Waals surface area contributed by atoms with Gasteiger partial charge in [-0.3, -0.25) is 0 Å². The molecule has 1 saturated carbocycles. The van der Waals surface area contributed by atoms with Crippen LogP contribution in [0.3, 0.4) is 0 Å². The highest BCUT2D eigenvalue weighted by Gasteiger charge is 2.28. The van der Waals surface area contributed by atoms with Gasteiger partial charge in [-0.25, -0.2) is 4.98 Å². The molecule has 82 valence electrons. The third-order valence-corrected chi connectivity index (χ3v) is 3.31. The van der Waals surface area contributed by atoms with Crippen LogP contribution in [0.2, 0.25) is 10.3 Å². The quantitative estimate of drug-likeness (QED) is 0.816. The van der Waals surface area contributed by atoms with Crippen LogP contribution in [0.25, 0.3) is 0 Å². The lowest BCUT2D eigenvalue weighted by Crippen LogP contribution is -2.18. The van der Waals surface area contributed by atoms with E-state index in [-0.39, 0.29) is 0 Å². The molecule has 2 rings (SSSR count). The molecule has 0 radical (unpaired) electrons. The largest absolute Gasteiger partial charge is 0.380 e. The molecular weight excluding hydrogens is 231 g/mol. The molecule has 1 unspecified atom stereocenters. The molecular formula is C11H14Cl2N2. The lowest BCUT2D eigenvalue weighted by Gasteiger charge is -2.17. The minimum absolute atomic E-state index is 0.446. The van der Waals surface area contributed by atoms with Crippen molar-refractivity contribution in [1.82, 2.24) is 4.98 Å². The highest BCUT2D eigenvalue weighted by atomic mass is 35.5. The van der Waals surface area contributed by atoms with Crippen molar-refractivity contribution in [1.29, 1.82) is 0 Å². The number of hydrogen-bond acceptors (Lipinski definition) is 2. The second-order valence-corrected chi connectivity index (χ2v) is 4.94. The lowest BCUT2D eigenvalue weighted by molar-refractivity contribution is 0.693. The molecule has 0 saturated heterocycles. The molecule has 1 N–H and O–H groups in total. The zero-order valence-electron chi connectivity index (χ0n) is 8.85. The van der Waals surface area contributed by atoms with E-state index in [1.807, 2.05) is 13.0 Å². The molecule has 0 amide bonds. The fourth-order valence-electron chi connectivity index (χ4n) is 1.71. The summed E-state index contributed by atoms with van der Waals surface area (Å²) in [6.07, 6.45) is 2.62. The molecule has 0 spiro atoms. The van der Waals surface area contributed by atoms with E-state index in [4.69, 9.17) is 23.2 Å². The smallest absolute Gasteiger partial charge is 0.154 e. The first-order valence-electron chi connectivity index (χ1n) is 5.17. The summed E-state index contributed by atoms with van der Waals surface area (Å²) in [5, 5.41) is 4.33. The van der Waals surface area contributed by atoms with Gasteiger partial charge in [-0.1, -0.05) is 23.2 Å². The summed E-state index contributed by atoms with van der Waals surface area (Å²) in [6.45, 7) is 4.17. The number of aryl methyl sites for hydroxylation is 1. The summed E-state index contributed by atoms with van der Waals surface area (Å²) in [7, 11) is 0. The molecule has 0 aromatic carbocycles. The average molecular weight is 245 g/mol. The molecule has 0 aliphatic heterocycles. The molecule has 1 atom stereocenters. The number of anilines is 1. The van der Waals surface area contributed by atoms with Gasteiger partial charge < -0.3 is 5.32 Å². The lowest BCUT2D eigenvalue weighted by atomic mass is 10.2. The van der Waals surface area contributed by atoms with Crippen molar-refractivity contribution < 1.29 is 0 Å². The molecule has 1 aliphatic rings. The zero-order valence-corrected chi connectivity index (χ0v) is 10.4. The monoisotopic (exact) mass is 244 g/mol. The number of hydrogen-bond donors (Lipinski definition) is 1. The summed E-state index contributed by atoms with van der Waals surface area (Å²) >= 11 is 11.9. The van der Waals surface area contributed by atoms with Gasteiger partial charge in [0.25, 0.3) is 0 Å². The third-order valence-electron chi connectivity index (χ3n) is 2.84. The highest BCUT2D eigenvalue weighted by Crippen LogP contribution is 2.36. The maximum absolute atomic E-state index is 6.05. The molecule has 15 heavy (non-hydrogen) atoms. The minimum Gasteiger partial charge on any atom is -0.380 e. The van der Waals surface area contributed by atoms with Gasteiger partial charge in [0.15, 0.2) is 5.15 Å². The minimum atomic E-state index is 0.446. The predicted molar refractivity (Wildman–Crippen MR) is 64.8 cm³/mol. The number of nitrogens with one attached hydrogen (secondary N) is 1.